The third kappa shape index (κ3) is 3.51. The number of aromatic nitrogens is 3. The van der Waals surface area contributed by atoms with Crippen molar-refractivity contribution in [1.29, 1.82) is 0 Å². The summed E-state index contributed by atoms with van der Waals surface area (Å²) in [5.74, 6) is 0.458. The molecular weight excluding hydrogens is 360 g/mol. The molecule has 6 nitrogen and oxygen atoms in total. The van der Waals surface area contributed by atoms with E-state index in [2.05, 4.69) is 9.97 Å². The van der Waals surface area contributed by atoms with E-state index in [4.69, 9.17) is 0 Å². The highest BCUT2D eigenvalue weighted by molar-refractivity contribution is 7.13. The van der Waals surface area contributed by atoms with E-state index in [1.54, 1.807) is 10.9 Å². The summed E-state index contributed by atoms with van der Waals surface area (Å²) >= 11 is 1.47. The number of carbonyl (C=O) groups excluding carboxylic acids is 1. The van der Waals surface area contributed by atoms with E-state index in [9.17, 15) is 9.59 Å². The van der Waals surface area contributed by atoms with Crippen LogP contribution in [0.1, 0.15) is 33.2 Å². The second-order valence-electron chi connectivity index (χ2n) is 7.10. The van der Waals surface area contributed by atoms with Crippen molar-refractivity contribution in [2.45, 2.75) is 33.2 Å². The average Bonchev–Trinajstić information content (AvgIpc) is 3.02. The Balaban J connectivity index is 1.43. The molecule has 0 radical (unpaired) electrons. The minimum absolute atomic E-state index is 0.00914. The first-order chi connectivity index (χ1) is 13.0. The molecule has 1 aliphatic rings. The molecule has 1 saturated heterocycles. The summed E-state index contributed by atoms with van der Waals surface area (Å²) in [7, 11) is 0. The van der Waals surface area contributed by atoms with Gasteiger partial charge in [-0.25, -0.2) is 9.97 Å². The van der Waals surface area contributed by atoms with Gasteiger partial charge in [-0.05, 0) is 44.7 Å². The average molecular weight is 382 g/mol. The summed E-state index contributed by atoms with van der Waals surface area (Å²) in [4.78, 5) is 36.8. The van der Waals surface area contributed by atoms with Gasteiger partial charge in [0.05, 0.1) is 27.9 Å². The molecule has 2 aromatic heterocycles. The third-order valence-corrected chi connectivity index (χ3v) is 6.25. The smallest absolute Gasteiger partial charge is 0.265 e. The van der Waals surface area contributed by atoms with Crippen molar-refractivity contribution in [2.75, 3.05) is 13.1 Å². The Morgan fingerprint density at radius 2 is 1.96 bits per heavy atom. The summed E-state index contributed by atoms with van der Waals surface area (Å²) < 4.78 is 1.71. The maximum atomic E-state index is 12.7. The van der Waals surface area contributed by atoms with Gasteiger partial charge in [0.15, 0.2) is 0 Å². The molecule has 1 amide bonds. The highest BCUT2D eigenvalue weighted by atomic mass is 32.1. The van der Waals surface area contributed by atoms with Crippen LogP contribution in [0.4, 0.5) is 0 Å². The van der Waals surface area contributed by atoms with Crippen LogP contribution in [0.25, 0.3) is 10.9 Å². The monoisotopic (exact) mass is 382 g/mol. The maximum absolute atomic E-state index is 12.7. The molecule has 3 aromatic rings. The molecule has 0 unspecified atom stereocenters. The Morgan fingerprint density at radius 3 is 2.67 bits per heavy atom. The molecule has 4 rings (SSSR count). The van der Waals surface area contributed by atoms with Crippen molar-refractivity contribution < 1.29 is 4.79 Å². The number of carbonyl (C=O) groups is 1. The summed E-state index contributed by atoms with van der Waals surface area (Å²) in [5, 5.41) is 1.58. The molecule has 1 aliphatic heterocycles. The first-order valence-corrected chi connectivity index (χ1v) is 10.0. The van der Waals surface area contributed by atoms with E-state index in [1.807, 2.05) is 43.0 Å². The SMILES string of the molecule is Cc1nc(C)c(C(=O)N2CCC(Cn3cnc4ccccc4c3=O)CC2)s1. The number of hydrogen-bond acceptors (Lipinski definition) is 5. The van der Waals surface area contributed by atoms with Crippen LogP contribution in [-0.4, -0.2) is 38.4 Å². The van der Waals surface area contributed by atoms with Crippen molar-refractivity contribution in [3.05, 3.63) is 56.5 Å². The number of hydrogen-bond donors (Lipinski definition) is 0. The first-order valence-electron chi connectivity index (χ1n) is 9.20. The molecule has 7 heteroatoms. The van der Waals surface area contributed by atoms with Crippen LogP contribution >= 0.6 is 11.3 Å². The van der Waals surface area contributed by atoms with Crippen LogP contribution in [0.3, 0.4) is 0 Å². The predicted octanol–water partition coefficient (Wildman–Crippen LogP) is 3.02. The quantitative estimate of drug-likeness (QED) is 0.698. The van der Waals surface area contributed by atoms with Crippen molar-refractivity contribution in [2.24, 2.45) is 5.92 Å². The van der Waals surface area contributed by atoms with Gasteiger partial charge in [-0.15, -0.1) is 11.3 Å². The number of likely N-dealkylation sites (tertiary alicyclic amines) is 1. The third-order valence-electron chi connectivity index (χ3n) is 5.19. The molecule has 0 N–H and O–H groups in total. The lowest BCUT2D eigenvalue weighted by molar-refractivity contribution is 0.0686. The maximum Gasteiger partial charge on any atom is 0.265 e. The lowest BCUT2D eigenvalue weighted by atomic mass is 9.96. The van der Waals surface area contributed by atoms with E-state index in [0.29, 0.717) is 17.8 Å². The molecular formula is C20H22N4O2S. The molecule has 0 saturated carbocycles. The van der Waals surface area contributed by atoms with Crippen LogP contribution in [-0.2, 0) is 6.54 Å². The first kappa shape index (κ1) is 17.9. The van der Waals surface area contributed by atoms with E-state index in [1.165, 1.54) is 11.3 Å². The fourth-order valence-corrected chi connectivity index (χ4v) is 4.59. The minimum atomic E-state index is 0.00914. The van der Waals surface area contributed by atoms with Crippen molar-refractivity contribution in [3.63, 3.8) is 0 Å². The van der Waals surface area contributed by atoms with Gasteiger partial charge in [0.25, 0.3) is 11.5 Å². The Hall–Kier alpha value is -2.54. The Labute approximate surface area is 161 Å². The Morgan fingerprint density at radius 1 is 1.22 bits per heavy atom. The molecule has 0 atom stereocenters. The Bertz CT molecular complexity index is 1050. The second-order valence-corrected chi connectivity index (χ2v) is 8.31. The minimum Gasteiger partial charge on any atom is -0.338 e. The Kier molecular flexibility index (Phi) is 4.78. The van der Waals surface area contributed by atoms with Crippen LogP contribution in [0.15, 0.2) is 35.4 Å². The zero-order valence-corrected chi connectivity index (χ0v) is 16.3. The summed E-state index contributed by atoms with van der Waals surface area (Å²) in [6.07, 6.45) is 3.43. The van der Waals surface area contributed by atoms with Crippen LogP contribution in [0.2, 0.25) is 0 Å². The number of rotatable bonds is 3. The lowest BCUT2D eigenvalue weighted by Crippen LogP contribution is -2.40. The number of para-hydroxylation sites is 1. The molecule has 0 aliphatic carbocycles. The van der Waals surface area contributed by atoms with Gasteiger partial charge >= 0.3 is 0 Å². The molecule has 0 spiro atoms. The molecule has 3 heterocycles. The largest absolute Gasteiger partial charge is 0.338 e. The van der Waals surface area contributed by atoms with Gasteiger partial charge in [-0.2, -0.15) is 0 Å². The van der Waals surface area contributed by atoms with Crippen LogP contribution < -0.4 is 5.56 Å². The van der Waals surface area contributed by atoms with Crippen molar-refractivity contribution in [1.82, 2.24) is 19.4 Å². The van der Waals surface area contributed by atoms with E-state index in [-0.39, 0.29) is 11.5 Å². The van der Waals surface area contributed by atoms with Gasteiger partial charge in [-0.3, -0.25) is 14.2 Å². The number of benzene rings is 1. The molecule has 140 valence electrons. The standard InChI is InChI=1S/C20H22N4O2S/c1-13-18(27-14(2)22-13)20(26)23-9-7-15(8-10-23)11-24-12-21-17-6-4-3-5-16(17)19(24)25/h3-6,12,15H,7-11H2,1-2H3. The predicted molar refractivity (Wildman–Crippen MR) is 106 cm³/mol. The van der Waals surface area contributed by atoms with Crippen molar-refractivity contribution in [3.8, 4) is 0 Å². The number of thiazole rings is 1. The summed E-state index contributed by atoms with van der Waals surface area (Å²) in [6, 6.07) is 7.43. The normalized spacial score (nSPS) is 15.4. The molecule has 1 aromatic carbocycles. The molecule has 0 bridgehead atoms. The second kappa shape index (κ2) is 7.23. The van der Waals surface area contributed by atoms with E-state index >= 15 is 0 Å². The molecule has 27 heavy (non-hydrogen) atoms. The number of aryl methyl sites for hydroxylation is 2. The highest BCUT2D eigenvalue weighted by Gasteiger charge is 2.26. The molecule has 1 fully saturated rings. The van der Waals surface area contributed by atoms with Gasteiger partial charge in [-0.1, -0.05) is 12.1 Å². The lowest BCUT2D eigenvalue weighted by Gasteiger charge is -2.32. The fraction of sp³-hybridized carbons (Fsp3) is 0.400. The van der Waals surface area contributed by atoms with E-state index < -0.39 is 0 Å². The topological polar surface area (TPSA) is 68.1 Å². The summed E-state index contributed by atoms with van der Waals surface area (Å²) in [6.45, 7) is 5.90. The summed E-state index contributed by atoms with van der Waals surface area (Å²) in [5.41, 5.74) is 1.56. The van der Waals surface area contributed by atoms with E-state index in [0.717, 1.165) is 47.0 Å². The zero-order chi connectivity index (χ0) is 19.0. The van der Waals surface area contributed by atoms with Crippen molar-refractivity contribution >= 4 is 28.1 Å². The number of amides is 1. The van der Waals surface area contributed by atoms with Gasteiger partial charge in [0.2, 0.25) is 0 Å². The number of nitrogens with zero attached hydrogens (tertiary/aromatic N) is 4. The van der Waals surface area contributed by atoms with Gasteiger partial charge < -0.3 is 4.90 Å². The fourth-order valence-electron chi connectivity index (χ4n) is 3.71. The van der Waals surface area contributed by atoms with Crippen LogP contribution in [0.5, 0.6) is 0 Å². The zero-order valence-electron chi connectivity index (χ0n) is 15.5. The number of piperidine rings is 1. The van der Waals surface area contributed by atoms with Gasteiger partial charge in [0.1, 0.15) is 4.88 Å². The van der Waals surface area contributed by atoms with Gasteiger partial charge in [0, 0.05) is 19.6 Å². The highest BCUT2D eigenvalue weighted by Crippen LogP contribution is 2.24. The van der Waals surface area contributed by atoms with Crippen LogP contribution in [0, 0.1) is 19.8 Å². The number of fused-ring (bicyclic) bond motifs is 1.